The summed E-state index contributed by atoms with van der Waals surface area (Å²) >= 11 is 0. The van der Waals surface area contributed by atoms with Crippen LogP contribution < -0.4 is 20.3 Å². The number of fused-ring (bicyclic) bond motifs is 2. The molecule has 0 saturated heterocycles. The number of nitrogens with one attached hydrogen (secondary N) is 3. The average molecular weight is 414 g/mol. The van der Waals surface area contributed by atoms with Crippen molar-refractivity contribution in [1.82, 2.24) is 15.0 Å². The molecule has 154 valence electrons. The number of anilines is 3. The van der Waals surface area contributed by atoms with E-state index in [-0.39, 0.29) is 18.5 Å². The molecule has 2 aromatic heterocycles. The van der Waals surface area contributed by atoms with Crippen LogP contribution in [0, 0.1) is 0 Å². The molecule has 31 heavy (non-hydrogen) atoms. The highest BCUT2D eigenvalue weighted by Gasteiger charge is 2.26. The number of rotatable bonds is 4. The number of H-pyrrole nitrogens is 1. The molecule has 5 rings (SSSR count). The summed E-state index contributed by atoms with van der Waals surface area (Å²) < 4.78 is 5.58. The van der Waals surface area contributed by atoms with Crippen LogP contribution in [0.2, 0.25) is 0 Å². The number of aromatic amines is 1. The van der Waals surface area contributed by atoms with Crippen LogP contribution in [0.4, 0.5) is 21.9 Å². The van der Waals surface area contributed by atoms with E-state index < -0.39 is 0 Å². The topological polar surface area (TPSA) is 112 Å². The van der Waals surface area contributed by atoms with E-state index >= 15 is 0 Å². The number of benzene rings is 2. The Kier molecular flexibility index (Phi) is 4.68. The molecule has 0 saturated carbocycles. The highest BCUT2D eigenvalue weighted by atomic mass is 16.5. The number of hydrogen-bond donors (Lipinski definition) is 3. The highest BCUT2D eigenvalue weighted by Crippen LogP contribution is 2.35. The zero-order valence-corrected chi connectivity index (χ0v) is 16.3. The zero-order valence-electron chi connectivity index (χ0n) is 16.3. The third-order valence-corrected chi connectivity index (χ3v) is 4.94. The summed E-state index contributed by atoms with van der Waals surface area (Å²) in [7, 11) is 0. The van der Waals surface area contributed by atoms with Gasteiger partial charge in [0.05, 0.1) is 17.9 Å². The molecule has 0 aliphatic carbocycles. The summed E-state index contributed by atoms with van der Waals surface area (Å²) in [6, 6.07) is 14.1. The van der Waals surface area contributed by atoms with Gasteiger partial charge in [-0.25, -0.2) is 14.8 Å². The summed E-state index contributed by atoms with van der Waals surface area (Å²) in [6.45, 7) is 0.232. The maximum absolute atomic E-state index is 12.4. The van der Waals surface area contributed by atoms with E-state index in [9.17, 15) is 9.59 Å². The quantitative estimate of drug-likeness (QED) is 0.473. The molecule has 3 N–H and O–H groups in total. The van der Waals surface area contributed by atoms with Gasteiger partial charge in [-0.15, -0.1) is 0 Å². The van der Waals surface area contributed by atoms with E-state index in [1.165, 1.54) is 6.33 Å². The highest BCUT2D eigenvalue weighted by molar-refractivity contribution is 6.02. The second-order valence-corrected chi connectivity index (χ2v) is 7.01. The normalized spacial score (nSPS) is 12.9. The maximum Gasteiger partial charge on any atom is 0.323 e. The molecule has 9 nitrogen and oxygen atoms in total. The Hall–Kier alpha value is -4.40. The first-order valence-corrected chi connectivity index (χ1v) is 9.63. The lowest BCUT2D eigenvalue weighted by atomic mass is 10.2. The summed E-state index contributed by atoms with van der Waals surface area (Å²) in [6.07, 6.45) is 4.92. The lowest BCUT2D eigenvalue weighted by molar-refractivity contribution is -0.121. The Morgan fingerprint density at radius 3 is 2.77 bits per heavy atom. The number of nitrogens with zero attached hydrogens (tertiary/aromatic N) is 3. The fourth-order valence-electron chi connectivity index (χ4n) is 3.45. The van der Waals surface area contributed by atoms with E-state index in [1.807, 2.05) is 30.5 Å². The van der Waals surface area contributed by atoms with Gasteiger partial charge in [-0.1, -0.05) is 6.07 Å². The molecule has 1 aliphatic heterocycles. The monoisotopic (exact) mass is 414 g/mol. The molecule has 9 heteroatoms. The van der Waals surface area contributed by atoms with E-state index in [2.05, 4.69) is 25.6 Å². The standard InChI is InChI=1S/C22H18N6O3/c29-21-12-31-20-10-16(3-4-19(20)28(21)11-17-6-7-23-13-25-17)27-22(30)26-15-2-1-14-5-8-24-18(14)9-15/h1-10,13,24H,11-12H2,(H2,26,27,30). The van der Waals surface area contributed by atoms with Gasteiger partial charge in [0.1, 0.15) is 12.1 Å². The smallest absolute Gasteiger partial charge is 0.323 e. The Bertz CT molecular complexity index is 1270. The molecule has 4 aromatic rings. The van der Waals surface area contributed by atoms with Gasteiger partial charge >= 0.3 is 6.03 Å². The maximum atomic E-state index is 12.4. The van der Waals surface area contributed by atoms with Gasteiger partial charge in [0.15, 0.2) is 6.61 Å². The van der Waals surface area contributed by atoms with Crippen LogP contribution in [0.15, 0.2) is 67.3 Å². The SMILES string of the molecule is O=C(Nc1ccc2c(c1)OCC(=O)N2Cc1ccncn1)Nc1ccc2cc[nH]c2c1. The third-order valence-electron chi connectivity index (χ3n) is 4.94. The van der Waals surface area contributed by atoms with Gasteiger partial charge in [-0.05, 0) is 41.8 Å². The second kappa shape index (κ2) is 7.79. The minimum absolute atomic E-state index is 0.0795. The minimum Gasteiger partial charge on any atom is -0.481 e. The molecule has 0 unspecified atom stereocenters. The lowest BCUT2D eigenvalue weighted by Gasteiger charge is -2.29. The van der Waals surface area contributed by atoms with Crippen LogP contribution in [0.1, 0.15) is 5.69 Å². The summed E-state index contributed by atoms with van der Waals surface area (Å²) in [5.74, 6) is 0.350. The number of ether oxygens (including phenoxy) is 1. The van der Waals surface area contributed by atoms with Crippen LogP contribution in [-0.4, -0.2) is 33.5 Å². The summed E-state index contributed by atoms with van der Waals surface area (Å²) in [4.78, 5) is 37.6. The van der Waals surface area contributed by atoms with Crippen LogP contribution in [0.5, 0.6) is 5.75 Å². The molecular weight excluding hydrogens is 396 g/mol. The van der Waals surface area contributed by atoms with Gasteiger partial charge in [-0.3, -0.25) is 9.69 Å². The van der Waals surface area contributed by atoms with E-state index in [4.69, 9.17) is 4.74 Å². The van der Waals surface area contributed by atoms with Crippen molar-refractivity contribution in [2.24, 2.45) is 0 Å². The van der Waals surface area contributed by atoms with Crippen LogP contribution in [0.3, 0.4) is 0 Å². The molecule has 0 atom stereocenters. The number of carbonyl (C=O) groups excluding carboxylic acids is 2. The van der Waals surface area contributed by atoms with Crippen molar-refractivity contribution in [3.63, 3.8) is 0 Å². The van der Waals surface area contributed by atoms with Gasteiger partial charge in [-0.2, -0.15) is 0 Å². The van der Waals surface area contributed by atoms with E-state index in [0.29, 0.717) is 29.4 Å². The van der Waals surface area contributed by atoms with Gasteiger partial charge < -0.3 is 20.4 Å². The first-order chi connectivity index (χ1) is 15.2. The van der Waals surface area contributed by atoms with E-state index in [0.717, 1.165) is 16.6 Å². The van der Waals surface area contributed by atoms with Crippen molar-refractivity contribution in [3.05, 3.63) is 72.9 Å². The molecule has 3 heterocycles. The van der Waals surface area contributed by atoms with Crippen molar-refractivity contribution in [2.75, 3.05) is 22.1 Å². The lowest BCUT2D eigenvalue weighted by Crippen LogP contribution is -2.38. The number of aromatic nitrogens is 3. The van der Waals surface area contributed by atoms with Gasteiger partial charge in [0.25, 0.3) is 5.91 Å². The predicted octanol–water partition coefficient (Wildman–Crippen LogP) is 3.53. The minimum atomic E-state index is -0.379. The summed E-state index contributed by atoms with van der Waals surface area (Å²) in [5, 5.41) is 6.67. The fraction of sp³-hybridized carbons (Fsp3) is 0.0909. The average Bonchev–Trinajstić information content (AvgIpc) is 3.24. The number of urea groups is 1. The molecule has 3 amide bonds. The van der Waals surface area contributed by atoms with Crippen LogP contribution in [-0.2, 0) is 11.3 Å². The first-order valence-electron chi connectivity index (χ1n) is 9.63. The molecule has 0 fully saturated rings. The van der Waals surface area contributed by atoms with Crippen LogP contribution in [0.25, 0.3) is 10.9 Å². The van der Waals surface area contributed by atoms with Crippen molar-refractivity contribution in [3.8, 4) is 5.75 Å². The van der Waals surface area contributed by atoms with E-state index in [1.54, 1.807) is 35.4 Å². The Labute approximate surface area is 177 Å². The molecule has 0 spiro atoms. The molecular formula is C22H18N6O3. The molecule has 1 aliphatic rings. The Morgan fingerprint density at radius 2 is 1.94 bits per heavy atom. The van der Waals surface area contributed by atoms with Gasteiger partial charge in [0, 0.05) is 35.4 Å². The van der Waals surface area contributed by atoms with Crippen molar-refractivity contribution in [2.45, 2.75) is 6.54 Å². The summed E-state index contributed by atoms with van der Waals surface area (Å²) in [5.41, 5.74) is 3.50. The predicted molar refractivity (Wildman–Crippen MR) is 116 cm³/mol. The Balaban J connectivity index is 1.31. The first kappa shape index (κ1) is 18.6. The number of amides is 3. The molecule has 0 bridgehead atoms. The molecule has 0 radical (unpaired) electrons. The third kappa shape index (κ3) is 3.88. The van der Waals surface area contributed by atoms with Crippen molar-refractivity contribution >= 4 is 39.9 Å². The largest absolute Gasteiger partial charge is 0.481 e. The number of hydrogen-bond acceptors (Lipinski definition) is 5. The molecule has 2 aromatic carbocycles. The fourth-order valence-corrected chi connectivity index (χ4v) is 3.45. The van der Waals surface area contributed by atoms with Crippen LogP contribution >= 0.6 is 0 Å². The number of carbonyl (C=O) groups is 2. The van der Waals surface area contributed by atoms with Gasteiger partial charge in [0.2, 0.25) is 0 Å². The van der Waals surface area contributed by atoms with Crippen molar-refractivity contribution in [1.29, 1.82) is 0 Å². The van der Waals surface area contributed by atoms with Crippen molar-refractivity contribution < 1.29 is 14.3 Å². The second-order valence-electron chi connectivity index (χ2n) is 7.01. The Morgan fingerprint density at radius 1 is 1.10 bits per heavy atom. The zero-order chi connectivity index (χ0) is 21.2.